The number of methoxy groups -OCH3 is 1. The molecule has 1 aliphatic heterocycles. The molecule has 0 bridgehead atoms. The van der Waals surface area contributed by atoms with E-state index in [1.807, 2.05) is 4.90 Å². The van der Waals surface area contributed by atoms with Gasteiger partial charge in [0, 0.05) is 26.2 Å². The van der Waals surface area contributed by atoms with Crippen LogP contribution >= 0.6 is 0 Å². The maximum absolute atomic E-state index is 13.9. The molecule has 26 heavy (non-hydrogen) atoms. The number of sulfonamides is 1. The molecular formula is C18H19FN2O4S. The molecule has 0 unspecified atom stereocenters. The molecule has 0 aromatic heterocycles. The number of carbonyl (C=O) groups excluding carboxylic acids is 1. The van der Waals surface area contributed by atoms with Crippen LogP contribution in [0.4, 0.5) is 10.1 Å². The smallest absolute Gasteiger partial charge is 0.339 e. The van der Waals surface area contributed by atoms with Gasteiger partial charge in [0.1, 0.15) is 5.82 Å². The van der Waals surface area contributed by atoms with Crippen LogP contribution in [0.1, 0.15) is 10.4 Å². The van der Waals surface area contributed by atoms with Gasteiger partial charge in [0.2, 0.25) is 10.0 Å². The van der Waals surface area contributed by atoms with Crippen LogP contribution in [0, 0.1) is 5.82 Å². The van der Waals surface area contributed by atoms with Crippen molar-refractivity contribution in [1.82, 2.24) is 4.31 Å². The number of piperazine rings is 1. The fourth-order valence-electron chi connectivity index (χ4n) is 2.99. The van der Waals surface area contributed by atoms with Crippen molar-refractivity contribution in [3.8, 4) is 0 Å². The number of carbonyl (C=O) groups is 1. The number of hydrogen-bond donors (Lipinski definition) is 0. The summed E-state index contributed by atoms with van der Waals surface area (Å²) in [6.07, 6.45) is 0. The van der Waals surface area contributed by atoms with Crippen molar-refractivity contribution in [2.45, 2.75) is 4.90 Å². The van der Waals surface area contributed by atoms with Gasteiger partial charge in [-0.2, -0.15) is 4.31 Å². The Morgan fingerprint density at radius 3 is 2.27 bits per heavy atom. The summed E-state index contributed by atoms with van der Waals surface area (Å²) < 4.78 is 45.8. The van der Waals surface area contributed by atoms with E-state index in [2.05, 4.69) is 4.74 Å². The Hall–Kier alpha value is -2.45. The van der Waals surface area contributed by atoms with Crippen LogP contribution in [0.2, 0.25) is 0 Å². The number of nitrogens with zero attached hydrogens (tertiary/aromatic N) is 2. The van der Waals surface area contributed by atoms with Crippen LogP contribution in [-0.4, -0.2) is 52.0 Å². The zero-order valence-electron chi connectivity index (χ0n) is 14.3. The van der Waals surface area contributed by atoms with Crippen molar-refractivity contribution in [2.24, 2.45) is 0 Å². The molecule has 3 rings (SSSR count). The molecule has 6 nitrogen and oxygen atoms in total. The highest BCUT2D eigenvalue weighted by molar-refractivity contribution is 7.89. The fraction of sp³-hybridized carbons (Fsp3) is 0.278. The van der Waals surface area contributed by atoms with Crippen LogP contribution in [0.3, 0.4) is 0 Å². The van der Waals surface area contributed by atoms with E-state index in [4.69, 9.17) is 0 Å². The second-order valence-electron chi connectivity index (χ2n) is 5.83. The van der Waals surface area contributed by atoms with Crippen molar-refractivity contribution >= 4 is 21.7 Å². The predicted octanol–water partition coefficient (Wildman–Crippen LogP) is 2.12. The van der Waals surface area contributed by atoms with Gasteiger partial charge in [-0.25, -0.2) is 17.6 Å². The van der Waals surface area contributed by atoms with E-state index < -0.39 is 16.0 Å². The number of hydrogen-bond acceptors (Lipinski definition) is 5. The fourth-order valence-corrected chi connectivity index (χ4v) is 4.59. The number of anilines is 1. The third-order valence-electron chi connectivity index (χ3n) is 4.34. The van der Waals surface area contributed by atoms with Crippen molar-refractivity contribution < 1.29 is 22.3 Å². The third kappa shape index (κ3) is 3.42. The topological polar surface area (TPSA) is 66.9 Å². The summed E-state index contributed by atoms with van der Waals surface area (Å²) in [5.74, 6) is -1.03. The molecule has 0 radical (unpaired) electrons. The minimum Gasteiger partial charge on any atom is -0.465 e. The Balaban J connectivity index is 1.81. The van der Waals surface area contributed by atoms with Gasteiger partial charge in [-0.1, -0.05) is 24.3 Å². The Morgan fingerprint density at radius 2 is 1.62 bits per heavy atom. The van der Waals surface area contributed by atoms with E-state index in [1.54, 1.807) is 30.3 Å². The molecule has 8 heteroatoms. The van der Waals surface area contributed by atoms with Gasteiger partial charge in [0.25, 0.3) is 0 Å². The summed E-state index contributed by atoms with van der Waals surface area (Å²) in [7, 11) is -2.64. The third-order valence-corrected chi connectivity index (χ3v) is 6.30. The highest BCUT2D eigenvalue weighted by Crippen LogP contribution is 2.25. The molecular weight excluding hydrogens is 359 g/mol. The van der Waals surface area contributed by atoms with Crippen molar-refractivity contribution in [1.29, 1.82) is 0 Å². The van der Waals surface area contributed by atoms with E-state index in [-0.39, 0.29) is 29.4 Å². The summed E-state index contributed by atoms with van der Waals surface area (Å²) >= 11 is 0. The average molecular weight is 378 g/mol. The number of benzene rings is 2. The number of halogens is 1. The molecule has 0 N–H and O–H groups in total. The molecule has 2 aromatic carbocycles. The Labute approximate surface area is 151 Å². The highest BCUT2D eigenvalue weighted by Gasteiger charge is 2.32. The van der Waals surface area contributed by atoms with Crippen LogP contribution in [0.5, 0.6) is 0 Å². The largest absolute Gasteiger partial charge is 0.465 e. The molecule has 1 fully saturated rings. The summed E-state index contributed by atoms with van der Waals surface area (Å²) in [4.78, 5) is 13.6. The molecule has 138 valence electrons. The van der Waals surface area contributed by atoms with Crippen LogP contribution < -0.4 is 4.90 Å². The molecule has 0 amide bonds. The summed E-state index contributed by atoms with van der Waals surface area (Å²) in [5, 5.41) is 0. The monoisotopic (exact) mass is 378 g/mol. The molecule has 0 atom stereocenters. The Morgan fingerprint density at radius 1 is 1.00 bits per heavy atom. The first-order valence-electron chi connectivity index (χ1n) is 8.12. The predicted molar refractivity (Wildman–Crippen MR) is 95.2 cm³/mol. The van der Waals surface area contributed by atoms with Gasteiger partial charge in [-0.15, -0.1) is 0 Å². The minimum atomic E-state index is -3.85. The van der Waals surface area contributed by atoms with E-state index in [0.717, 1.165) is 0 Å². The van der Waals surface area contributed by atoms with Crippen molar-refractivity contribution in [3.63, 3.8) is 0 Å². The molecule has 1 aliphatic rings. The zero-order valence-corrected chi connectivity index (χ0v) is 15.1. The quantitative estimate of drug-likeness (QED) is 0.763. The molecule has 0 aliphatic carbocycles. The first-order valence-corrected chi connectivity index (χ1v) is 9.56. The lowest BCUT2D eigenvalue weighted by atomic mass is 10.2. The van der Waals surface area contributed by atoms with E-state index >= 15 is 0 Å². The number of rotatable bonds is 4. The van der Waals surface area contributed by atoms with Gasteiger partial charge in [-0.05, 0) is 24.3 Å². The highest BCUT2D eigenvalue weighted by atomic mass is 32.2. The summed E-state index contributed by atoms with van der Waals surface area (Å²) in [6.45, 7) is 1.12. The lowest BCUT2D eigenvalue weighted by molar-refractivity contribution is 0.0596. The average Bonchev–Trinajstić information content (AvgIpc) is 2.68. The Kier molecular flexibility index (Phi) is 5.24. The number of ether oxygens (including phenoxy) is 1. The maximum atomic E-state index is 13.9. The van der Waals surface area contributed by atoms with Crippen molar-refractivity contribution in [3.05, 3.63) is 59.9 Å². The first-order chi connectivity index (χ1) is 12.4. The maximum Gasteiger partial charge on any atom is 0.339 e. The number of para-hydroxylation sites is 1. The van der Waals surface area contributed by atoms with Crippen LogP contribution in [0.15, 0.2) is 53.4 Å². The second-order valence-corrected chi connectivity index (χ2v) is 7.74. The van der Waals surface area contributed by atoms with E-state index in [9.17, 15) is 17.6 Å². The van der Waals surface area contributed by atoms with Gasteiger partial charge in [0.05, 0.1) is 23.3 Å². The second kappa shape index (κ2) is 7.43. The molecule has 0 saturated carbocycles. The minimum absolute atomic E-state index is 0.00605. The van der Waals surface area contributed by atoms with E-state index in [0.29, 0.717) is 18.8 Å². The molecule has 1 saturated heterocycles. The zero-order chi connectivity index (χ0) is 18.7. The van der Waals surface area contributed by atoms with Gasteiger partial charge in [0.15, 0.2) is 0 Å². The lowest BCUT2D eigenvalue weighted by Gasteiger charge is -2.35. The van der Waals surface area contributed by atoms with Crippen molar-refractivity contribution in [2.75, 3.05) is 38.2 Å². The van der Waals surface area contributed by atoms with E-state index in [1.165, 1.54) is 29.6 Å². The lowest BCUT2D eigenvalue weighted by Crippen LogP contribution is -2.49. The van der Waals surface area contributed by atoms with Gasteiger partial charge >= 0.3 is 5.97 Å². The molecule has 1 heterocycles. The summed E-state index contributed by atoms with van der Waals surface area (Å²) in [6, 6.07) is 12.4. The van der Waals surface area contributed by atoms with Crippen LogP contribution in [0.25, 0.3) is 0 Å². The molecule has 2 aromatic rings. The normalized spacial score (nSPS) is 15.7. The standard InChI is InChI=1S/C18H19FN2O4S/c1-25-18(22)14-6-2-5-9-17(14)26(23,24)21-12-10-20(11-13-21)16-8-4-3-7-15(16)19/h2-9H,10-13H2,1H3. The SMILES string of the molecule is COC(=O)c1ccccc1S(=O)(=O)N1CCN(c2ccccc2F)CC1. The molecule has 0 spiro atoms. The van der Waals surface area contributed by atoms with Crippen LogP contribution in [-0.2, 0) is 14.8 Å². The van der Waals surface area contributed by atoms with Gasteiger partial charge in [-0.3, -0.25) is 0 Å². The summed E-state index contributed by atoms with van der Waals surface area (Å²) in [5.41, 5.74) is 0.464. The Bertz CT molecular complexity index is 909. The number of esters is 1. The first kappa shape index (κ1) is 18.3. The van der Waals surface area contributed by atoms with Gasteiger partial charge < -0.3 is 9.64 Å².